The number of non-ortho nitro benzene ring substituents is 1. The molecule has 1 N–H and O–H groups in total. The molecule has 1 fully saturated rings. The van der Waals surface area contributed by atoms with Crippen molar-refractivity contribution >= 4 is 58.3 Å². The normalized spacial score (nSPS) is 15.1. The second kappa shape index (κ2) is 10.1. The van der Waals surface area contributed by atoms with Gasteiger partial charge in [-0.25, -0.2) is 0 Å². The topological polar surface area (TPSA) is 110 Å². The van der Waals surface area contributed by atoms with E-state index < -0.39 is 22.0 Å². The first-order chi connectivity index (χ1) is 14.8. The summed E-state index contributed by atoms with van der Waals surface area (Å²) < 4.78 is 0. The highest BCUT2D eigenvalue weighted by atomic mass is 35.5. The number of benzene rings is 2. The number of nitro groups is 1. The van der Waals surface area contributed by atoms with E-state index in [0.717, 1.165) is 22.2 Å². The maximum Gasteiger partial charge on any atom is 0.293 e. The summed E-state index contributed by atoms with van der Waals surface area (Å²) in [6.07, 6.45) is 4.40. The van der Waals surface area contributed by atoms with Crippen molar-refractivity contribution in [1.29, 1.82) is 0 Å². The molecule has 1 aliphatic rings. The van der Waals surface area contributed by atoms with Crippen molar-refractivity contribution in [2.75, 3.05) is 13.1 Å². The van der Waals surface area contributed by atoms with Crippen LogP contribution in [0.15, 0.2) is 59.5 Å². The van der Waals surface area contributed by atoms with Gasteiger partial charge in [0.1, 0.15) is 0 Å². The van der Waals surface area contributed by atoms with E-state index in [9.17, 15) is 24.5 Å². The SMILES string of the molecule is O=C(C=Cc1ccc([N+](=O)[O-])cc1)NCCN1C(=O)SC(=Cc2ccc(Cl)cc2)C1=O. The number of thioether (sulfide) groups is 1. The van der Waals surface area contributed by atoms with Crippen LogP contribution in [-0.4, -0.2) is 40.0 Å². The number of halogens is 1. The van der Waals surface area contributed by atoms with Gasteiger partial charge in [0, 0.05) is 36.3 Å². The summed E-state index contributed by atoms with van der Waals surface area (Å²) in [5.74, 6) is -0.831. The molecule has 0 saturated carbocycles. The predicted octanol–water partition coefficient (Wildman–Crippen LogP) is 4.11. The molecule has 0 atom stereocenters. The van der Waals surface area contributed by atoms with Gasteiger partial charge in [-0.05, 0) is 59.3 Å². The Labute approximate surface area is 186 Å². The third-order valence-electron chi connectivity index (χ3n) is 4.21. The van der Waals surface area contributed by atoms with Crippen molar-refractivity contribution in [3.63, 3.8) is 0 Å². The molecule has 158 valence electrons. The van der Waals surface area contributed by atoms with E-state index >= 15 is 0 Å². The van der Waals surface area contributed by atoms with E-state index in [0.29, 0.717) is 15.5 Å². The molecule has 1 saturated heterocycles. The number of hydrogen-bond acceptors (Lipinski definition) is 6. The minimum atomic E-state index is -0.504. The summed E-state index contributed by atoms with van der Waals surface area (Å²) in [6.45, 7) is 0.134. The second-order valence-electron chi connectivity index (χ2n) is 6.36. The Morgan fingerprint density at radius 3 is 2.39 bits per heavy atom. The van der Waals surface area contributed by atoms with Crippen molar-refractivity contribution in [2.24, 2.45) is 0 Å². The highest BCUT2D eigenvalue weighted by Crippen LogP contribution is 2.32. The molecule has 1 aliphatic heterocycles. The smallest absolute Gasteiger partial charge is 0.293 e. The molecular weight excluding hydrogens is 442 g/mol. The Hall–Kier alpha value is -3.43. The lowest BCUT2D eigenvalue weighted by Gasteiger charge is -2.12. The molecule has 3 amide bonds. The summed E-state index contributed by atoms with van der Waals surface area (Å²) in [5, 5.41) is 13.4. The Balaban J connectivity index is 1.51. The third-order valence-corrected chi connectivity index (χ3v) is 5.37. The van der Waals surface area contributed by atoms with Gasteiger partial charge in [-0.2, -0.15) is 0 Å². The molecule has 0 radical (unpaired) electrons. The number of rotatable bonds is 7. The zero-order chi connectivity index (χ0) is 22.4. The van der Waals surface area contributed by atoms with Gasteiger partial charge in [0.05, 0.1) is 9.83 Å². The van der Waals surface area contributed by atoms with E-state index in [1.54, 1.807) is 30.3 Å². The van der Waals surface area contributed by atoms with Crippen molar-refractivity contribution in [3.8, 4) is 0 Å². The minimum absolute atomic E-state index is 0.0381. The van der Waals surface area contributed by atoms with Crippen LogP contribution in [0.2, 0.25) is 5.02 Å². The van der Waals surface area contributed by atoms with Crippen LogP contribution in [0.25, 0.3) is 12.2 Å². The van der Waals surface area contributed by atoms with Crippen molar-refractivity contribution in [2.45, 2.75) is 0 Å². The zero-order valence-corrected chi connectivity index (χ0v) is 17.6. The molecular formula is C21H16ClN3O5S. The Kier molecular flexibility index (Phi) is 7.22. The summed E-state index contributed by atoms with van der Waals surface area (Å²) in [6, 6.07) is 12.6. The van der Waals surface area contributed by atoms with Crippen molar-refractivity contribution in [1.82, 2.24) is 10.2 Å². The van der Waals surface area contributed by atoms with Crippen LogP contribution >= 0.6 is 23.4 Å². The van der Waals surface area contributed by atoms with E-state index in [4.69, 9.17) is 11.6 Å². The monoisotopic (exact) mass is 457 g/mol. The van der Waals surface area contributed by atoms with Crippen molar-refractivity contribution < 1.29 is 19.3 Å². The molecule has 10 heteroatoms. The Morgan fingerprint density at radius 1 is 1.10 bits per heavy atom. The van der Waals surface area contributed by atoms with Crippen LogP contribution in [0.5, 0.6) is 0 Å². The summed E-state index contributed by atoms with van der Waals surface area (Å²) in [7, 11) is 0. The number of nitrogens with zero attached hydrogens (tertiary/aromatic N) is 2. The van der Waals surface area contributed by atoms with E-state index in [2.05, 4.69) is 5.32 Å². The maximum absolute atomic E-state index is 12.5. The molecule has 0 aliphatic carbocycles. The Morgan fingerprint density at radius 2 is 1.74 bits per heavy atom. The van der Waals surface area contributed by atoms with Gasteiger partial charge < -0.3 is 5.32 Å². The lowest BCUT2D eigenvalue weighted by atomic mass is 10.2. The molecule has 2 aromatic carbocycles. The molecule has 0 aromatic heterocycles. The number of nitro benzene ring substituents is 1. The quantitative estimate of drug-likeness (QED) is 0.380. The number of nitrogens with one attached hydrogen (secondary N) is 1. The van der Waals surface area contributed by atoms with Gasteiger partial charge in [-0.15, -0.1) is 0 Å². The molecule has 31 heavy (non-hydrogen) atoms. The number of hydrogen-bond donors (Lipinski definition) is 1. The molecule has 0 bridgehead atoms. The first-order valence-corrected chi connectivity index (χ1v) is 10.2. The van der Waals surface area contributed by atoms with Gasteiger partial charge in [-0.3, -0.25) is 29.4 Å². The third kappa shape index (κ3) is 6.03. The number of imide groups is 1. The molecule has 1 heterocycles. The predicted molar refractivity (Wildman–Crippen MR) is 119 cm³/mol. The lowest BCUT2D eigenvalue weighted by molar-refractivity contribution is -0.384. The highest BCUT2D eigenvalue weighted by molar-refractivity contribution is 8.18. The first kappa shape index (κ1) is 22.3. The fourth-order valence-corrected chi connectivity index (χ4v) is 3.62. The molecule has 0 spiro atoms. The second-order valence-corrected chi connectivity index (χ2v) is 7.79. The van der Waals surface area contributed by atoms with E-state index in [1.165, 1.54) is 36.4 Å². The average molecular weight is 458 g/mol. The standard InChI is InChI=1S/C21H16ClN3O5S/c22-16-6-1-15(2-7-16)13-18-20(27)24(21(28)31-18)12-11-23-19(26)10-5-14-3-8-17(9-4-14)25(29)30/h1-10,13H,11-12H2,(H,23,26). The number of carbonyl (C=O) groups excluding carboxylic acids is 3. The minimum Gasteiger partial charge on any atom is -0.351 e. The largest absolute Gasteiger partial charge is 0.351 e. The number of amides is 3. The summed E-state index contributed by atoms with van der Waals surface area (Å²) in [4.78, 5) is 48.0. The van der Waals surface area contributed by atoms with E-state index in [1.807, 2.05) is 0 Å². The zero-order valence-electron chi connectivity index (χ0n) is 16.0. The maximum atomic E-state index is 12.5. The van der Waals surface area contributed by atoms with Crippen molar-refractivity contribution in [3.05, 3.63) is 85.8 Å². The fraction of sp³-hybridized carbons (Fsp3) is 0.0952. The van der Waals surface area contributed by atoms with Gasteiger partial charge in [0.15, 0.2) is 0 Å². The van der Waals surface area contributed by atoms with Gasteiger partial charge in [0.2, 0.25) is 5.91 Å². The van der Waals surface area contributed by atoms with Crippen LogP contribution < -0.4 is 5.32 Å². The van der Waals surface area contributed by atoms with Gasteiger partial charge in [-0.1, -0.05) is 23.7 Å². The highest BCUT2D eigenvalue weighted by Gasteiger charge is 2.34. The fourth-order valence-electron chi connectivity index (χ4n) is 2.63. The molecule has 3 rings (SSSR count). The summed E-state index contributed by atoms with van der Waals surface area (Å²) in [5.41, 5.74) is 1.34. The van der Waals surface area contributed by atoms with Gasteiger partial charge >= 0.3 is 0 Å². The van der Waals surface area contributed by atoms with Crippen LogP contribution in [0.1, 0.15) is 11.1 Å². The van der Waals surface area contributed by atoms with Gasteiger partial charge in [0.25, 0.3) is 16.8 Å². The van der Waals surface area contributed by atoms with Crippen LogP contribution in [0.3, 0.4) is 0 Å². The summed E-state index contributed by atoms with van der Waals surface area (Å²) >= 11 is 6.68. The first-order valence-electron chi connectivity index (χ1n) is 9.05. The van der Waals surface area contributed by atoms with Crippen LogP contribution in [0.4, 0.5) is 10.5 Å². The van der Waals surface area contributed by atoms with Crippen LogP contribution in [0, 0.1) is 10.1 Å². The average Bonchev–Trinajstić information content (AvgIpc) is 3.01. The van der Waals surface area contributed by atoms with Crippen LogP contribution in [-0.2, 0) is 9.59 Å². The number of carbonyl (C=O) groups is 3. The lowest BCUT2D eigenvalue weighted by Crippen LogP contribution is -2.36. The molecule has 2 aromatic rings. The molecule has 0 unspecified atom stereocenters. The van der Waals surface area contributed by atoms with E-state index in [-0.39, 0.29) is 18.8 Å². The Bertz CT molecular complexity index is 1080. The molecule has 8 nitrogen and oxygen atoms in total.